The van der Waals surface area contributed by atoms with Crippen LogP contribution in [0.15, 0.2) is 48.7 Å². The largest absolute Gasteiger partial charge is 0.508 e. The van der Waals surface area contributed by atoms with E-state index in [4.69, 9.17) is 0 Å². The van der Waals surface area contributed by atoms with Gasteiger partial charge in [0.1, 0.15) is 5.75 Å². The summed E-state index contributed by atoms with van der Waals surface area (Å²) in [6, 6.07) is 13.9. The zero-order valence-corrected chi connectivity index (χ0v) is 9.57. The first-order valence-corrected chi connectivity index (χ1v) is 5.61. The smallest absolute Gasteiger partial charge is 0.115 e. The van der Waals surface area contributed by atoms with Crippen LogP contribution in [0.2, 0.25) is 0 Å². The van der Waals surface area contributed by atoms with Crippen molar-refractivity contribution >= 4 is 10.9 Å². The first-order chi connectivity index (χ1) is 8.24. The number of benzene rings is 2. The highest BCUT2D eigenvalue weighted by Crippen LogP contribution is 2.28. The number of phenolic OH excluding ortho intramolecular Hbond substituents is 1. The minimum absolute atomic E-state index is 0.312. The normalized spacial score (nSPS) is 10.9. The first-order valence-electron chi connectivity index (χ1n) is 5.61. The van der Waals surface area contributed by atoms with E-state index < -0.39 is 0 Å². The summed E-state index contributed by atoms with van der Waals surface area (Å²) in [6.45, 7) is 2.01. The third-order valence-electron chi connectivity index (χ3n) is 3.08. The molecule has 2 aromatic carbocycles. The summed E-state index contributed by atoms with van der Waals surface area (Å²) in [6.07, 6.45) is 1.94. The van der Waals surface area contributed by atoms with Crippen LogP contribution in [-0.4, -0.2) is 10.1 Å². The Morgan fingerprint density at radius 2 is 1.88 bits per heavy atom. The van der Waals surface area contributed by atoms with Crippen molar-refractivity contribution in [2.45, 2.75) is 6.92 Å². The molecular formula is C15H13NO. The topological polar surface area (TPSA) is 36.0 Å². The van der Waals surface area contributed by atoms with Crippen molar-refractivity contribution in [3.8, 4) is 16.9 Å². The fraction of sp³-hybridized carbons (Fsp3) is 0.0667. The maximum Gasteiger partial charge on any atom is 0.115 e. The van der Waals surface area contributed by atoms with E-state index in [1.54, 1.807) is 12.1 Å². The minimum Gasteiger partial charge on any atom is -0.508 e. The number of aromatic nitrogens is 1. The number of H-pyrrole nitrogens is 1. The SMILES string of the molecule is Cc1cc(O)ccc1-c1ccc2cc[nH]c2c1. The number of nitrogens with one attached hydrogen (secondary N) is 1. The van der Waals surface area contributed by atoms with Gasteiger partial charge in [0.15, 0.2) is 0 Å². The third kappa shape index (κ3) is 1.68. The Labute approximate surface area is 99.5 Å². The average Bonchev–Trinajstić information content (AvgIpc) is 2.75. The second-order valence-corrected chi connectivity index (χ2v) is 4.28. The Kier molecular flexibility index (Phi) is 2.15. The van der Waals surface area contributed by atoms with Gasteiger partial charge in [0, 0.05) is 11.7 Å². The van der Waals surface area contributed by atoms with Gasteiger partial charge in [-0.2, -0.15) is 0 Å². The maximum absolute atomic E-state index is 9.42. The number of hydrogen-bond donors (Lipinski definition) is 2. The van der Waals surface area contributed by atoms with Gasteiger partial charge in [-0.3, -0.25) is 0 Å². The number of aromatic amines is 1. The summed E-state index contributed by atoms with van der Waals surface area (Å²) in [5.41, 5.74) is 4.53. The molecule has 0 amide bonds. The van der Waals surface area contributed by atoms with E-state index in [0.29, 0.717) is 5.75 Å². The Hall–Kier alpha value is -2.22. The molecule has 0 atom stereocenters. The van der Waals surface area contributed by atoms with Gasteiger partial charge in [-0.1, -0.05) is 18.2 Å². The second kappa shape index (κ2) is 3.67. The fourth-order valence-electron chi connectivity index (χ4n) is 2.19. The Morgan fingerprint density at radius 3 is 2.71 bits per heavy atom. The maximum atomic E-state index is 9.42. The van der Waals surface area contributed by atoms with Crippen molar-refractivity contribution in [1.29, 1.82) is 0 Å². The van der Waals surface area contributed by atoms with Gasteiger partial charge in [-0.25, -0.2) is 0 Å². The van der Waals surface area contributed by atoms with Crippen LogP contribution >= 0.6 is 0 Å². The molecule has 1 aromatic heterocycles. The number of aryl methyl sites for hydroxylation is 1. The Bertz CT molecular complexity index is 682. The van der Waals surface area contributed by atoms with Crippen LogP contribution in [0.4, 0.5) is 0 Å². The van der Waals surface area contributed by atoms with E-state index in [0.717, 1.165) is 22.2 Å². The van der Waals surface area contributed by atoms with E-state index in [1.165, 1.54) is 5.39 Å². The zero-order chi connectivity index (χ0) is 11.8. The van der Waals surface area contributed by atoms with Gasteiger partial charge < -0.3 is 10.1 Å². The Morgan fingerprint density at radius 1 is 1.00 bits per heavy atom. The molecule has 3 aromatic rings. The van der Waals surface area contributed by atoms with Gasteiger partial charge in [0.05, 0.1) is 0 Å². The lowest BCUT2D eigenvalue weighted by molar-refractivity contribution is 0.475. The van der Waals surface area contributed by atoms with Crippen LogP contribution in [0.25, 0.3) is 22.0 Å². The molecule has 84 valence electrons. The first kappa shape index (κ1) is 9.97. The zero-order valence-electron chi connectivity index (χ0n) is 9.57. The molecule has 0 bridgehead atoms. The molecule has 17 heavy (non-hydrogen) atoms. The lowest BCUT2D eigenvalue weighted by Gasteiger charge is -2.06. The van der Waals surface area contributed by atoms with Crippen LogP contribution in [0.5, 0.6) is 5.75 Å². The number of phenols is 1. The highest BCUT2D eigenvalue weighted by Gasteiger charge is 2.04. The molecule has 0 unspecified atom stereocenters. The second-order valence-electron chi connectivity index (χ2n) is 4.28. The summed E-state index contributed by atoms with van der Waals surface area (Å²) < 4.78 is 0. The quantitative estimate of drug-likeness (QED) is 0.645. The van der Waals surface area contributed by atoms with Crippen molar-refractivity contribution < 1.29 is 5.11 Å². The summed E-state index contributed by atoms with van der Waals surface area (Å²) in [7, 11) is 0. The molecule has 0 fully saturated rings. The highest BCUT2D eigenvalue weighted by atomic mass is 16.3. The molecule has 0 aliphatic rings. The molecule has 0 spiro atoms. The van der Waals surface area contributed by atoms with Crippen LogP contribution in [0.1, 0.15) is 5.56 Å². The van der Waals surface area contributed by atoms with E-state index >= 15 is 0 Å². The van der Waals surface area contributed by atoms with Crippen molar-refractivity contribution in [3.63, 3.8) is 0 Å². The monoisotopic (exact) mass is 223 g/mol. The Balaban J connectivity index is 2.19. The number of rotatable bonds is 1. The van der Waals surface area contributed by atoms with Crippen molar-refractivity contribution in [2.75, 3.05) is 0 Å². The summed E-state index contributed by atoms with van der Waals surface area (Å²) in [5, 5.41) is 10.6. The third-order valence-corrected chi connectivity index (χ3v) is 3.08. The van der Waals surface area contributed by atoms with E-state index in [1.807, 2.05) is 19.2 Å². The van der Waals surface area contributed by atoms with Crippen LogP contribution in [0, 0.1) is 6.92 Å². The van der Waals surface area contributed by atoms with Crippen LogP contribution in [0.3, 0.4) is 0 Å². The van der Waals surface area contributed by atoms with Gasteiger partial charge in [-0.15, -0.1) is 0 Å². The molecule has 0 saturated heterocycles. The molecule has 2 heteroatoms. The predicted octanol–water partition coefficient (Wildman–Crippen LogP) is 3.85. The lowest BCUT2D eigenvalue weighted by atomic mass is 9.99. The van der Waals surface area contributed by atoms with Gasteiger partial charge >= 0.3 is 0 Å². The van der Waals surface area contributed by atoms with Crippen LogP contribution < -0.4 is 0 Å². The average molecular weight is 223 g/mol. The summed E-state index contributed by atoms with van der Waals surface area (Å²) in [5.74, 6) is 0.312. The number of hydrogen-bond acceptors (Lipinski definition) is 1. The molecular weight excluding hydrogens is 210 g/mol. The predicted molar refractivity (Wildman–Crippen MR) is 70.1 cm³/mol. The standard InChI is InChI=1S/C15H13NO/c1-10-8-13(17)4-5-14(10)12-3-2-11-6-7-16-15(11)9-12/h2-9,16-17H,1H3. The van der Waals surface area contributed by atoms with Crippen molar-refractivity contribution in [1.82, 2.24) is 4.98 Å². The van der Waals surface area contributed by atoms with Gasteiger partial charge in [-0.05, 0) is 53.3 Å². The number of aromatic hydroxyl groups is 1. The molecule has 0 aliphatic heterocycles. The van der Waals surface area contributed by atoms with E-state index in [-0.39, 0.29) is 0 Å². The molecule has 2 N–H and O–H groups in total. The number of fused-ring (bicyclic) bond motifs is 1. The molecule has 1 heterocycles. The summed E-state index contributed by atoms with van der Waals surface area (Å²) in [4.78, 5) is 3.21. The molecule has 2 nitrogen and oxygen atoms in total. The van der Waals surface area contributed by atoms with Crippen LogP contribution in [-0.2, 0) is 0 Å². The molecule has 0 radical (unpaired) electrons. The lowest BCUT2D eigenvalue weighted by Crippen LogP contribution is -1.83. The molecule has 3 rings (SSSR count). The highest BCUT2D eigenvalue weighted by molar-refractivity contribution is 5.85. The van der Waals surface area contributed by atoms with E-state index in [2.05, 4.69) is 29.2 Å². The molecule has 0 saturated carbocycles. The van der Waals surface area contributed by atoms with E-state index in [9.17, 15) is 5.11 Å². The van der Waals surface area contributed by atoms with Gasteiger partial charge in [0.25, 0.3) is 0 Å². The van der Waals surface area contributed by atoms with Gasteiger partial charge in [0.2, 0.25) is 0 Å². The summed E-state index contributed by atoms with van der Waals surface area (Å²) >= 11 is 0. The fourth-order valence-corrected chi connectivity index (χ4v) is 2.19. The van der Waals surface area contributed by atoms with Crippen molar-refractivity contribution in [2.24, 2.45) is 0 Å². The minimum atomic E-state index is 0.312. The molecule has 0 aliphatic carbocycles. The van der Waals surface area contributed by atoms with Crippen molar-refractivity contribution in [3.05, 3.63) is 54.2 Å².